The van der Waals surface area contributed by atoms with Crippen molar-refractivity contribution in [1.82, 2.24) is 0 Å². The van der Waals surface area contributed by atoms with Crippen molar-refractivity contribution in [3.8, 4) is 5.75 Å². The van der Waals surface area contributed by atoms with Crippen molar-refractivity contribution in [3.63, 3.8) is 0 Å². The molecule has 0 saturated heterocycles. The summed E-state index contributed by atoms with van der Waals surface area (Å²) in [6, 6.07) is 6.27. The highest BCUT2D eigenvalue weighted by atomic mass is 16.5. The summed E-state index contributed by atoms with van der Waals surface area (Å²) >= 11 is 0. The summed E-state index contributed by atoms with van der Waals surface area (Å²) in [5.41, 5.74) is 2.48. The Bertz CT molecular complexity index is 326. The average Bonchev–Trinajstić information content (AvgIpc) is 2.30. The third-order valence-corrected chi connectivity index (χ3v) is 2.72. The predicted molar refractivity (Wildman–Crippen MR) is 69.4 cm³/mol. The number of benzene rings is 1. The minimum absolute atomic E-state index is 0.263. The van der Waals surface area contributed by atoms with Crippen molar-refractivity contribution in [3.05, 3.63) is 29.3 Å². The molecule has 1 aromatic rings. The maximum Gasteiger partial charge on any atom is 0.122 e. The molecule has 0 aliphatic rings. The smallest absolute Gasteiger partial charge is 0.122 e. The zero-order chi connectivity index (χ0) is 12.5. The van der Waals surface area contributed by atoms with Crippen LogP contribution in [-0.4, -0.2) is 31.4 Å². The zero-order valence-corrected chi connectivity index (χ0v) is 10.9. The number of aliphatic hydroxyl groups excluding tert-OH is 1. The standard InChI is InChI=1S/C14H23NO2/c1-12-5-6-14(13(2)11-12)17-10-4-3-7-15-8-9-16/h5-6,11,15-16H,3-4,7-10H2,1-2H3/p+1. The molecule has 0 bridgehead atoms. The molecule has 0 aliphatic heterocycles. The molecule has 0 heterocycles. The Labute approximate surface area is 104 Å². The van der Waals surface area contributed by atoms with Gasteiger partial charge < -0.3 is 15.2 Å². The Morgan fingerprint density at radius 2 is 2.00 bits per heavy atom. The van der Waals surface area contributed by atoms with E-state index in [4.69, 9.17) is 9.84 Å². The molecule has 1 rings (SSSR count). The number of unbranched alkanes of at least 4 members (excludes halogenated alkanes) is 1. The van der Waals surface area contributed by atoms with Crippen LogP contribution >= 0.6 is 0 Å². The van der Waals surface area contributed by atoms with Gasteiger partial charge in [-0.15, -0.1) is 0 Å². The van der Waals surface area contributed by atoms with Gasteiger partial charge >= 0.3 is 0 Å². The molecule has 0 aliphatic carbocycles. The van der Waals surface area contributed by atoms with Crippen LogP contribution in [0, 0.1) is 13.8 Å². The first-order chi connectivity index (χ1) is 8.24. The Kier molecular flexibility index (Phi) is 6.67. The van der Waals surface area contributed by atoms with E-state index in [0.717, 1.165) is 38.3 Å². The summed E-state index contributed by atoms with van der Waals surface area (Å²) in [4.78, 5) is 0. The molecule has 0 atom stereocenters. The van der Waals surface area contributed by atoms with E-state index in [-0.39, 0.29) is 6.61 Å². The summed E-state index contributed by atoms with van der Waals surface area (Å²) < 4.78 is 5.74. The minimum atomic E-state index is 0.263. The topological polar surface area (TPSA) is 46.1 Å². The summed E-state index contributed by atoms with van der Waals surface area (Å²) in [6.07, 6.45) is 2.19. The largest absolute Gasteiger partial charge is 0.493 e. The van der Waals surface area contributed by atoms with Gasteiger partial charge in [-0.3, -0.25) is 0 Å². The minimum Gasteiger partial charge on any atom is -0.493 e. The van der Waals surface area contributed by atoms with Gasteiger partial charge in [0, 0.05) is 0 Å². The normalized spacial score (nSPS) is 10.5. The molecule has 0 saturated carbocycles. The van der Waals surface area contributed by atoms with Gasteiger partial charge in [0.15, 0.2) is 0 Å². The van der Waals surface area contributed by atoms with Crippen LogP contribution in [-0.2, 0) is 0 Å². The zero-order valence-electron chi connectivity index (χ0n) is 10.9. The lowest BCUT2D eigenvalue weighted by molar-refractivity contribution is -0.656. The fourth-order valence-electron chi connectivity index (χ4n) is 1.77. The highest BCUT2D eigenvalue weighted by Gasteiger charge is 1.99. The number of hydrogen-bond acceptors (Lipinski definition) is 2. The van der Waals surface area contributed by atoms with E-state index in [1.165, 1.54) is 11.1 Å². The third kappa shape index (κ3) is 5.71. The van der Waals surface area contributed by atoms with Gasteiger partial charge in [0.05, 0.1) is 26.3 Å². The molecule has 3 N–H and O–H groups in total. The quantitative estimate of drug-likeness (QED) is 0.664. The predicted octanol–water partition coefficient (Wildman–Crippen LogP) is 1.02. The number of ether oxygens (including phenoxy) is 1. The van der Waals surface area contributed by atoms with Crippen molar-refractivity contribution >= 4 is 0 Å². The van der Waals surface area contributed by atoms with Gasteiger partial charge in [-0.2, -0.15) is 0 Å². The van der Waals surface area contributed by atoms with E-state index in [9.17, 15) is 0 Å². The van der Waals surface area contributed by atoms with Crippen molar-refractivity contribution in [2.75, 3.05) is 26.3 Å². The Morgan fingerprint density at radius 1 is 1.18 bits per heavy atom. The van der Waals surface area contributed by atoms with Crippen LogP contribution in [0.1, 0.15) is 24.0 Å². The Hall–Kier alpha value is -1.06. The first kappa shape index (κ1) is 14.0. The lowest BCUT2D eigenvalue weighted by Crippen LogP contribution is -2.85. The van der Waals surface area contributed by atoms with Crippen LogP contribution in [0.15, 0.2) is 18.2 Å². The van der Waals surface area contributed by atoms with E-state index in [2.05, 4.69) is 31.3 Å². The van der Waals surface area contributed by atoms with Crippen LogP contribution in [0.4, 0.5) is 0 Å². The second-order valence-corrected chi connectivity index (χ2v) is 4.41. The molecule has 0 spiro atoms. The molecule has 3 nitrogen and oxygen atoms in total. The molecule has 1 aromatic carbocycles. The summed E-state index contributed by atoms with van der Waals surface area (Å²) in [5, 5.41) is 10.8. The van der Waals surface area contributed by atoms with Gasteiger partial charge in [0.25, 0.3) is 0 Å². The third-order valence-electron chi connectivity index (χ3n) is 2.72. The van der Waals surface area contributed by atoms with E-state index >= 15 is 0 Å². The first-order valence-corrected chi connectivity index (χ1v) is 6.36. The van der Waals surface area contributed by atoms with E-state index in [0.29, 0.717) is 0 Å². The van der Waals surface area contributed by atoms with Gasteiger partial charge in [-0.1, -0.05) is 17.7 Å². The monoisotopic (exact) mass is 238 g/mol. The summed E-state index contributed by atoms with van der Waals surface area (Å²) in [5.74, 6) is 0.995. The van der Waals surface area contributed by atoms with Crippen LogP contribution in [0.5, 0.6) is 5.75 Å². The number of quaternary nitrogens is 1. The lowest BCUT2D eigenvalue weighted by atomic mass is 10.1. The summed E-state index contributed by atoms with van der Waals surface area (Å²) in [7, 11) is 0. The van der Waals surface area contributed by atoms with Crippen molar-refractivity contribution in [2.45, 2.75) is 26.7 Å². The molecule has 0 amide bonds. The van der Waals surface area contributed by atoms with Crippen molar-refractivity contribution in [2.24, 2.45) is 0 Å². The SMILES string of the molecule is Cc1ccc(OCCCC[NH2+]CCO)c(C)c1. The molecule has 0 fully saturated rings. The van der Waals surface area contributed by atoms with Gasteiger partial charge in [0.2, 0.25) is 0 Å². The van der Waals surface area contributed by atoms with Crippen LogP contribution in [0.25, 0.3) is 0 Å². The average molecular weight is 238 g/mol. The molecular formula is C14H24NO2+. The van der Waals surface area contributed by atoms with Crippen LogP contribution < -0.4 is 10.1 Å². The molecule has 0 unspecified atom stereocenters. The van der Waals surface area contributed by atoms with E-state index in [1.807, 2.05) is 6.07 Å². The molecule has 3 heteroatoms. The van der Waals surface area contributed by atoms with Crippen molar-refractivity contribution in [1.29, 1.82) is 0 Å². The fraction of sp³-hybridized carbons (Fsp3) is 0.571. The second kappa shape index (κ2) is 8.09. The van der Waals surface area contributed by atoms with E-state index in [1.54, 1.807) is 0 Å². The molecule has 96 valence electrons. The molecule has 0 aromatic heterocycles. The second-order valence-electron chi connectivity index (χ2n) is 4.41. The van der Waals surface area contributed by atoms with Crippen LogP contribution in [0.2, 0.25) is 0 Å². The van der Waals surface area contributed by atoms with Gasteiger partial charge in [0.1, 0.15) is 5.75 Å². The number of hydrogen-bond donors (Lipinski definition) is 2. The van der Waals surface area contributed by atoms with Gasteiger partial charge in [-0.25, -0.2) is 0 Å². The first-order valence-electron chi connectivity index (χ1n) is 6.36. The Balaban J connectivity index is 2.14. The number of nitrogens with two attached hydrogens (primary N) is 1. The highest BCUT2D eigenvalue weighted by molar-refractivity contribution is 5.35. The number of aryl methyl sites for hydroxylation is 2. The molecule has 17 heavy (non-hydrogen) atoms. The molecular weight excluding hydrogens is 214 g/mol. The maximum atomic E-state index is 8.61. The molecule has 0 radical (unpaired) electrons. The highest BCUT2D eigenvalue weighted by Crippen LogP contribution is 2.18. The van der Waals surface area contributed by atoms with Crippen molar-refractivity contribution < 1.29 is 15.2 Å². The fourth-order valence-corrected chi connectivity index (χ4v) is 1.77. The maximum absolute atomic E-state index is 8.61. The Morgan fingerprint density at radius 3 is 2.71 bits per heavy atom. The summed E-state index contributed by atoms with van der Waals surface area (Å²) in [6.45, 7) is 7.08. The van der Waals surface area contributed by atoms with Crippen LogP contribution in [0.3, 0.4) is 0 Å². The number of rotatable bonds is 8. The number of aliphatic hydroxyl groups is 1. The van der Waals surface area contributed by atoms with E-state index < -0.39 is 0 Å². The lowest BCUT2D eigenvalue weighted by Gasteiger charge is -2.09. The van der Waals surface area contributed by atoms with Gasteiger partial charge in [-0.05, 0) is 38.3 Å².